The topological polar surface area (TPSA) is 99.5 Å². The van der Waals surface area contributed by atoms with E-state index in [-0.39, 0.29) is 29.0 Å². The van der Waals surface area contributed by atoms with E-state index in [0.29, 0.717) is 0 Å². The average Bonchev–Trinajstić information content (AvgIpc) is 2.42. The summed E-state index contributed by atoms with van der Waals surface area (Å²) in [5.41, 5.74) is 4.85. The molecule has 0 aliphatic carbocycles. The molecule has 0 rings (SSSR count). The van der Waals surface area contributed by atoms with Gasteiger partial charge in [0.15, 0.2) is 5.17 Å². The van der Waals surface area contributed by atoms with Crippen LogP contribution >= 0.6 is 23.5 Å². The number of rotatable bonds is 7. The Morgan fingerprint density at radius 1 is 1.25 bits per heavy atom. The second-order valence-corrected chi connectivity index (χ2v) is 9.05. The van der Waals surface area contributed by atoms with Gasteiger partial charge in [0.05, 0.1) is 16.4 Å². The lowest BCUT2D eigenvalue weighted by Gasteiger charge is -2.22. The summed E-state index contributed by atoms with van der Waals surface area (Å²) < 4.78 is 35.3. The predicted octanol–water partition coefficient (Wildman–Crippen LogP) is 3.41. The number of carbonyl (C=O) groups is 1. The maximum absolute atomic E-state index is 12.1. The van der Waals surface area contributed by atoms with Gasteiger partial charge >= 0.3 is 6.18 Å². The Hall–Kier alpha value is -0.740. The van der Waals surface area contributed by atoms with Gasteiger partial charge in [-0.1, -0.05) is 13.8 Å². The second kappa shape index (κ2) is 9.10. The highest BCUT2D eigenvalue weighted by Gasteiger charge is 2.31. The largest absolute Gasteiger partial charge is 0.395 e. The van der Waals surface area contributed by atoms with Crippen molar-refractivity contribution < 1.29 is 23.1 Å². The zero-order valence-corrected chi connectivity index (χ0v) is 15.8. The number of aliphatic hydroxyl groups excluding tert-OH is 1. The summed E-state index contributed by atoms with van der Waals surface area (Å²) in [7, 11) is 0. The number of hydrogen-bond donors (Lipinski definition) is 3. The Morgan fingerprint density at radius 2 is 1.79 bits per heavy atom. The third-order valence-corrected chi connectivity index (χ3v) is 5.46. The van der Waals surface area contributed by atoms with Crippen molar-refractivity contribution in [1.29, 1.82) is 5.41 Å². The molecule has 0 radical (unpaired) electrons. The number of nitrogens with zero attached hydrogens (tertiary/aromatic N) is 1. The summed E-state index contributed by atoms with van der Waals surface area (Å²) in [6.07, 6.45) is -5.17. The maximum Gasteiger partial charge on any atom is 0.389 e. The quantitative estimate of drug-likeness (QED) is 0.353. The van der Waals surface area contributed by atoms with E-state index < -0.39 is 28.7 Å². The molecule has 0 fully saturated rings. The molecule has 10 heteroatoms. The first-order chi connectivity index (χ1) is 10.7. The molecular weight excluding hydrogens is 363 g/mol. The van der Waals surface area contributed by atoms with E-state index >= 15 is 0 Å². The molecule has 0 atom stereocenters. The van der Waals surface area contributed by atoms with E-state index in [2.05, 4.69) is 4.99 Å². The van der Waals surface area contributed by atoms with Gasteiger partial charge in [0, 0.05) is 11.8 Å². The fourth-order valence-electron chi connectivity index (χ4n) is 1.23. The van der Waals surface area contributed by atoms with Crippen molar-refractivity contribution in [3.05, 3.63) is 0 Å². The molecule has 0 aliphatic rings. The summed E-state index contributed by atoms with van der Waals surface area (Å²) in [6, 6.07) is 0. The number of hydrogen-bond acceptors (Lipinski definition) is 5. The highest BCUT2D eigenvalue weighted by atomic mass is 32.2. The zero-order valence-electron chi connectivity index (χ0n) is 14.2. The van der Waals surface area contributed by atoms with Crippen molar-refractivity contribution in [3.63, 3.8) is 0 Å². The molecule has 5 nitrogen and oxygen atoms in total. The molecule has 0 saturated heterocycles. The zero-order chi connectivity index (χ0) is 19.2. The monoisotopic (exact) mass is 387 g/mol. The first kappa shape index (κ1) is 23.3. The van der Waals surface area contributed by atoms with Crippen molar-refractivity contribution in [1.82, 2.24) is 0 Å². The summed E-state index contributed by atoms with van der Waals surface area (Å²) >= 11 is 1.86. The predicted molar refractivity (Wildman–Crippen MR) is 94.6 cm³/mol. The molecule has 1 amide bonds. The van der Waals surface area contributed by atoms with Crippen LogP contribution in [0.4, 0.5) is 13.2 Å². The molecule has 0 spiro atoms. The minimum absolute atomic E-state index is 0.0645. The normalized spacial score (nSPS) is 13.9. The molecule has 0 heterocycles. The lowest BCUT2D eigenvalue weighted by molar-refractivity contribution is -0.134. The number of thioether (sulfide) groups is 2. The van der Waals surface area contributed by atoms with Crippen LogP contribution in [-0.4, -0.2) is 44.5 Å². The minimum atomic E-state index is -4.20. The summed E-state index contributed by atoms with van der Waals surface area (Å²) in [5.74, 6) is -0.395. The molecule has 24 heavy (non-hydrogen) atoms. The van der Waals surface area contributed by atoms with Crippen LogP contribution in [0.3, 0.4) is 0 Å². The van der Waals surface area contributed by atoms with Gasteiger partial charge in [0.25, 0.3) is 5.91 Å². The van der Waals surface area contributed by atoms with Crippen LogP contribution in [0.15, 0.2) is 4.99 Å². The number of aliphatic hydroxyl groups is 1. The number of carbonyl (C=O) groups excluding carboxylic acids is 1. The van der Waals surface area contributed by atoms with Crippen LogP contribution in [-0.2, 0) is 4.79 Å². The van der Waals surface area contributed by atoms with Crippen LogP contribution in [0.25, 0.3) is 0 Å². The number of amides is 1. The van der Waals surface area contributed by atoms with E-state index in [1.807, 2.05) is 0 Å². The van der Waals surface area contributed by atoms with Gasteiger partial charge in [-0.2, -0.15) is 18.2 Å². The number of nitrogens with one attached hydrogen (secondary N) is 1. The summed E-state index contributed by atoms with van der Waals surface area (Å²) in [5, 5.41) is 17.0. The van der Waals surface area contributed by atoms with Gasteiger partial charge in [0.1, 0.15) is 0 Å². The number of amidine groups is 1. The number of nitrogens with two attached hydrogens (primary N) is 1. The molecule has 0 aromatic heterocycles. The first-order valence-electron chi connectivity index (χ1n) is 7.18. The lowest BCUT2D eigenvalue weighted by atomic mass is 9.97. The second-order valence-electron chi connectivity index (χ2n) is 6.31. The molecule has 0 unspecified atom stereocenters. The molecular formula is C14H24F3N3O2S2. The summed E-state index contributed by atoms with van der Waals surface area (Å²) in [4.78, 5) is 15.8. The highest BCUT2D eigenvalue weighted by Crippen LogP contribution is 2.30. The third kappa shape index (κ3) is 8.93. The number of alkyl halides is 3. The van der Waals surface area contributed by atoms with E-state index in [1.165, 1.54) is 0 Å². The fraction of sp³-hybridized carbons (Fsp3) is 0.786. The molecule has 0 aromatic rings. The van der Waals surface area contributed by atoms with E-state index in [0.717, 1.165) is 23.5 Å². The van der Waals surface area contributed by atoms with Crippen molar-refractivity contribution in [2.24, 2.45) is 16.1 Å². The maximum atomic E-state index is 12.1. The summed E-state index contributed by atoms with van der Waals surface area (Å²) in [6.45, 7) is 6.19. The smallest absolute Gasteiger partial charge is 0.389 e. The molecule has 0 bridgehead atoms. The molecule has 4 N–H and O–H groups in total. The molecule has 0 saturated carbocycles. The van der Waals surface area contributed by atoms with Gasteiger partial charge in [-0.3, -0.25) is 10.2 Å². The van der Waals surface area contributed by atoms with E-state index in [4.69, 9.17) is 11.1 Å². The first-order valence-corrected chi connectivity index (χ1v) is 8.98. The van der Waals surface area contributed by atoms with Crippen LogP contribution in [0.2, 0.25) is 0 Å². The standard InChI is InChI=1S/C14H24F3N3O2S2/c1-12(2,8-21)9(18)24-11(19)20-10(22)13(3,4)23-7-5-6-14(15,16)17/h18,21H,5-8H2,1-4H3,(H2,19,20,22). The van der Waals surface area contributed by atoms with Gasteiger partial charge in [-0.25, -0.2) is 0 Å². The Bertz CT molecular complexity index is 492. The van der Waals surface area contributed by atoms with Gasteiger partial charge in [-0.05, 0) is 37.8 Å². The average molecular weight is 387 g/mol. The van der Waals surface area contributed by atoms with Crippen LogP contribution in [0.5, 0.6) is 0 Å². The van der Waals surface area contributed by atoms with Crippen molar-refractivity contribution in [2.45, 2.75) is 51.5 Å². The fourth-order valence-corrected chi connectivity index (χ4v) is 2.88. The number of aliphatic imine (C=N–C) groups is 1. The lowest BCUT2D eigenvalue weighted by Crippen LogP contribution is -2.31. The SMILES string of the molecule is CC(C)(CO)C(=N)SC(N)=NC(=O)C(C)(C)SCCCC(F)(F)F. The molecule has 140 valence electrons. The van der Waals surface area contributed by atoms with Gasteiger partial charge < -0.3 is 10.8 Å². The van der Waals surface area contributed by atoms with Crippen LogP contribution in [0.1, 0.15) is 40.5 Å². The van der Waals surface area contributed by atoms with Crippen molar-refractivity contribution in [2.75, 3.05) is 12.4 Å². The minimum Gasteiger partial charge on any atom is -0.395 e. The van der Waals surface area contributed by atoms with Crippen LogP contribution in [0, 0.1) is 10.8 Å². The van der Waals surface area contributed by atoms with Crippen LogP contribution < -0.4 is 5.73 Å². The number of halogens is 3. The highest BCUT2D eigenvalue weighted by molar-refractivity contribution is 8.26. The third-order valence-electron chi connectivity index (χ3n) is 3.01. The Labute approximate surface area is 148 Å². The van der Waals surface area contributed by atoms with Crippen molar-refractivity contribution >= 4 is 39.6 Å². The molecule has 0 aliphatic heterocycles. The van der Waals surface area contributed by atoms with E-state index in [9.17, 15) is 23.1 Å². The van der Waals surface area contributed by atoms with E-state index in [1.54, 1.807) is 27.7 Å². The Balaban J connectivity index is 4.62. The van der Waals surface area contributed by atoms with Gasteiger partial charge in [0.2, 0.25) is 0 Å². The Kier molecular flexibility index (Phi) is 8.81. The Morgan fingerprint density at radius 3 is 2.25 bits per heavy atom. The van der Waals surface area contributed by atoms with Gasteiger partial charge in [-0.15, -0.1) is 11.8 Å². The molecule has 0 aromatic carbocycles. The van der Waals surface area contributed by atoms with Crippen molar-refractivity contribution in [3.8, 4) is 0 Å².